The average Bonchev–Trinajstić information content (AvgIpc) is 2.74. The van der Waals surface area contributed by atoms with Crippen molar-refractivity contribution in [3.63, 3.8) is 0 Å². The fourth-order valence-electron chi connectivity index (χ4n) is 3.32. The van der Waals surface area contributed by atoms with E-state index in [1.807, 2.05) is 47.4 Å². The zero-order valence-corrected chi connectivity index (χ0v) is 17.0. The Morgan fingerprint density at radius 3 is 2.43 bits per heavy atom. The average molecular weight is 404 g/mol. The molecule has 0 radical (unpaired) electrons. The molecule has 1 N–H and O–H groups in total. The van der Waals surface area contributed by atoms with Gasteiger partial charge in [0.2, 0.25) is 0 Å². The molecule has 6 nitrogen and oxygen atoms in total. The molecule has 150 valence electrons. The summed E-state index contributed by atoms with van der Waals surface area (Å²) in [5.41, 5.74) is 2.11. The molecule has 0 aromatic heterocycles. The van der Waals surface area contributed by atoms with E-state index in [-0.39, 0.29) is 6.03 Å². The zero-order chi connectivity index (χ0) is 19.9. The predicted octanol–water partition coefficient (Wildman–Crippen LogP) is 3.43. The Kier molecular flexibility index (Phi) is 6.87. The lowest BCUT2D eigenvalue weighted by atomic mass is 10.1. The minimum atomic E-state index is -0.0284. The number of hydrogen-bond donors (Lipinski definition) is 1. The van der Waals surface area contributed by atoms with Crippen LogP contribution in [0.4, 0.5) is 10.5 Å². The molecule has 0 bridgehead atoms. The van der Waals surface area contributed by atoms with E-state index >= 15 is 0 Å². The number of ether oxygens (including phenoxy) is 2. The summed E-state index contributed by atoms with van der Waals surface area (Å²) in [5, 5.41) is 3.75. The summed E-state index contributed by atoms with van der Waals surface area (Å²) >= 11 is 6.27. The maximum Gasteiger partial charge on any atom is 0.317 e. The van der Waals surface area contributed by atoms with Gasteiger partial charge in [-0.3, -0.25) is 0 Å². The van der Waals surface area contributed by atoms with Crippen molar-refractivity contribution < 1.29 is 14.3 Å². The number of piperazine rings is 1. The van der Waals surface area contributed by atoms with Gasteiger partial charge in [-0.1, -0.05) is 29.8 Å². The number of nitrogens with one attached hydrogen (secondary N) is 1. The number of rotatable bonds is 6. The van der Waals surface area contributed by atoms with Gasteiger partial charge in [0.1, 0.15) is 0 Å². The quantitative estimate of drug-likeness (QED) is 0.802. The molecule has 1 fully saturated rings. The molecule has 7 heteroatoms. The maximum absolute atomic E-state index is 12.4. The molecule has 28 heavy (non-hydrogen) atoms. The van der Waals surface area contributed by atoms with E-state index in [9.17, 15) is 4.79 Å². The van der Waals surface area contributed by atoms with Gasteiger partial charge < -0.3 is 24.6 Å². The number of anilines is 1. The van der Waals surface area contributed by atoms with Crippen molar-refractivity contribution in [1.29, 1.82) is 0 Å². The minimum Gasteiger partial charge on any atom is -0.493 e. The van der Waals surface area contributed by atoms with E-state index < -0.39 is 0 Å². The van der Waals surface area contributed by atoms with Gasteiger partial charge in [-0.15, -0.1) is 0 Å². The first-order valence-electron chi connectivity index (χ1n) is 9.35. The van der Waals surface area contributed by atoms with E-state index in [0.717, 1.165) is 35.8 Å². The Morgan fingerprint density at radius 2 is 1.75 bits per heavy atom. The van der Waals surface area contributed by atoms with E-state index in [0.29, 0.717) is 31.1 Å². The van der Waals surface area contributed by atoms with Crippen molar-refractivity contribution in [1.82, 2.24) is 10.2 Å². The van der Waals surface area contributed by atoms with Crippen molar-refractivity contribution in [3.05, 3.63) is 53.1 Å². The highest BCUT2D eigenvalue weighted by molar-refractivity contribution is 6.33. The molecular formula is C21H26ClN3O3. The van der Waals surface area contributed by atoms with Crippen molar-refractivity contribution in [2.24, 2.45) is 0 Å². The Balaban J connectivity index is 1.46. The number of halogens is 1. The molecule has 0 unspecified atom stereocenters. The van der Waals surface area contributed by atoms with Crippen molar-refractivity contribution in [2.45, 2.75) is 6.42 Å². The normalized spacial score (nSPS) is 14.0. The van der Waals surface area contributed by atoms with Crippen LogP contribution in [0.2, 0.25) is 5.02 Å². The first-order valence-corrected chi connectivity index (χ1v) is 9.73. The van der Waals surface area contributed by atoms with Crippen LogP contribution in [0.25, 0.3) is 0 Å². The van der Waals surface area contributed by atoms with Crippen LogP contribution in [0.1, 0.15) is 5.56 Å². The lowest BCUT2D eigenvalue weighted by Crippen LogP contribution is -2.52. The van der Waals surface area contributed by atoms with Gasteiger partial charge in [0.25, 0.3) is 0 Å². The maximum atomic E-state index is 12.4. The molecule has 1 aliphatic rings. The van der Waals surface area contributed by atoms with E-state index in [1.54, 1.807) is 14.2 Å². The number of benzene rings is 2. The molecule has 2 aromatic carbocycles. The Labute approximate surface area is 171 Å². The molecule has 2 aromatic rings. The van der Waals surface area contributed by atoms with Crippen molar-refractivity contribution in [3.8, 4) is 11.5 Å². The Hall–Kier alpha value is -2.60. The van der Waals surface area contributed by atoms with Crippen molar-refractivity contribution >= 4 is 23.3 Å². The molecule has 0 aliphatic carbocycles. The molecule has 0 spiro atoms. The number of carbonyl (C=O) groups excluding carboxylic acids is 1. The fourth-order valence-corrected chi connectivity index (χ4v) is 3.58. The zero-order valence-electron chi connectivity index (χ0n) is 16.3. The largest absolute Gasteiger partial charge is 0.493 e. The number of urea groups is 1. The van der Waals surface area contributed by atoms with Crippen LogP contribution in [0.5, 0.6) is 11.5 Å². The van der Waals surface area contributed by atoms with Crippen LogP contribution in [-0.4, -0.2) is 57.9 Å². The fraction of sp³-hybridized carbons (Fsp3) is 0.381. The van der Waals surface area contributed by atoms with Gasteiger partial charge in [0.15, 0.2) is 11.5 Å². The third-order valence-electron chi connectivity index (χ3n) is 4.90. The molecule has 0 saturated carbocycles. The third kappa shape index (κ3) is 4.81. The number of amides is 2. The summed E-state index contributed by atoms with van der Waals surface area (Å²) < 4.78 is 10.6. The predicted molar refractivity (Wildman–Crippen MR) is 112 cm³/mol. The molecular weight excluding hydrogens is 378 g/mol. The Morgan fingerprint density at radius 1 is 1.04 bits per heavy atom. The summed E-state index contributed by atoms with van der Waals surface area (Å²) in [6, 6.07) is 13.6. The van der Waals surface area contributed by atoms with E-state index in [4.69, 9.17) is 21.1 Å². The molecule has 3 rings (SSSR count). The Bertz CT molecular complexity index is 807. The molecule has 0 atom stereocenters. The smallest absolute Gasteiger partial charge is 0.317 e. The third-order valence-corrected chi connectivity index (χ3v) is 5.22. The summed E-state index contributed by atoms with van der Waals surface area (Å²) in [5.74, 6) is 1.40. The standard InChI is InChI=1S/C21H26ClN3O3/c1-27-19-8-7-16(15-20(19)28-2)9-10-23-21(26)25-13-11-24(12-14-25)18-6-4-3-5-17(18)22/h3-8,15H,9-14H2,1-2H3,(H,23,26). The van der Waals surface area contributed by atoms with Crippen LogP contribution in [0.3, 0.4) is 0 Å². The van der Waals surface area contributed by atoms with E-state index in [1.165, 1.54) is 0 Å². The first-order chi connectivity index (χ1) is 13.6. The van der Waals surface area contributed by atoms with Gasteiger partial charge in [-0.2, -0.15) is 0 Å². The topological polar surface area (TPSA) is 54.0 Å². The van der Waals surface area contributed by atoms with Gasteiger partial charge in [0, 0.05) is 32.7 Å². The number of hydrogen-bond acceptors (Lipinski definition) is 4. The summed E-state index contributed by atoms with van der Waals surface area (Å²) in [6.45, 7) is 3.46. The molecule has 1 aliphatic heterocycles. The highest BCUT2D eigenvalue weighted by atomic mass is 35.5. The van der Waals surface area contributed by atoms with Crippen LogP contribution in [-0.2, 0) is 6.42 Å². The lowest BCUT2D eigenvalue weighted by Gasteiger charge is -2.36. The monoisotopic (exact) mass is 403 g/mol. The van der Waals surface area contributed by atoms with Crippen LogP contribution in [0.15, 0.2) is 42.5 Å². The van der Waals surface area contributed by atoms with Crippen LogP contribution < -0.4 is 19.7 Å². The highest BCUT2D eigenvalue weighted by Gasteiger charge is 2.22. The number of para-hydroxylation sites is 1. The number of methoxy groups -OCH3 is 2. The lowest BCUT2D eigenvalue weighted by molar-refractivity contribution is 0.194. The number of carbonyl (C=O) groups is 1. The summed E-state index contributed by atoms with van der Waals surface area (Å²) in [6.07, 6.45) is 0.728. The van der Waals surface area contributed by atoms with Gasteiger partial charge in [-0.25, -0.2) is 4.79 Å². The van der Waals surface area contributed by atoms with Gasteiger partial charge in [0.05, 0.1) is 24.9 Å². The second-order valence-corrected chi connectivity index (χ2v) is 7.00. The SMILES string of the molecule is COc1ccc(CCNC(=O)N2CCN(c3ccccc3Cl)CC2)cc1OC. The summed E-state index contributed by atoms with van der Waals surface area (Å²) in [4.78, 5) is 16.5. The van der Waals surface area contributed by atoms with Crippen LogP contribution >= 0.6 is 11.6 Å². The molecule has 1 heterocycles. The number of nitrogens with zero attached hydrogens (tertiary/aromatic N) is 2. The minimum absolute atomic E-state index is 0.0284. The highest BCUT2D eigenvalue weighted by Crippen LogP contribution is 2.28. The van der Waals surface area contributed by atoms with Gasteiger partial charge >= 0.3 is 6.03 Å². The molecule has 2 amide bonds. The molecule has 1 saturated heterocycles. The first kappa shape index (κ1) is 20.1. The summed E-state index contributed by atoms with van der Waals surface area (Å²) in [7, 11) is 3.23. The van der Waals surface area contributed by atoms with Crippen LogP contribution in [0, 0.1) is 0 Å². The van der Waals surface area contributed by atoms with E-state index in [2.05, 4.69) is 10.2 Å². The second-order valence-electron chi connectivity index (χ2n) is 6.60. The second kappa shape index (κ2) is 9.55. The van der Waals surface area contributed by atoms with Crippen molar-refractivity contribution in [2.75, 3.05) is 51.8 Å². The van der Waals surface area contributed by atoms with Gasteiger partial charge in [-0.05, 0) is 36.2 Å².